The maximum Gasteiger partial charge on any atom is 0.269 e. The first-order valence-corrected chi connectivity index (χ1v) is 7.89. The summed E-state index contributed by atoms with van der Waals surface area (Å²) in [5, 5.41) is 0. The fourth-order valence-corrected chi connectivity index (χ4v) is 2.11. The molecular formula is C17H18BrN3O2. The lowest BCUT2D eigenvalue weighted by Gasteiger charge is -2.18. The van der Waals surface area contributed by atoms with Crippen molar-refractivity contribution in [3.63, 3.8) is 0 Å². The van der Waals surface area contributed by atoms with E-state index in [1.165, 1.54) is 0 Å². The number of nitrogens with one attached hydrogen (secondary N) is 2. The molecule has 6 heteroatoms. The van der Waals surface area contributed by atoms with Gasteiger partial charge in [0.1, 0.15) is 0 Å². The Labute approximate surface area is 143 Å². The number of hydrogen-bond acceptors (Lipinski definition) is 3. The molecule has 2 aromatic rings. The highest BCUT2D eigenvalue weighted by molar-refractivity contribution is 9.10. The first kappa shape index (κ1) is 17.1. The molecule has 1 heterocycles. The van der Waals surface area contributed by atoms with Crippen LogP contribution in [-0.2, 0) is 5.41 Å². The Morgan fingerprint density at radius 2 is 1.52 bits per heavy atom. The monoisotopic (exact) mass is 375 g/mol. The SMILES string of the molecule is CC(C)(C)c1cc(C(=O)NNC(=O)c2ccc(Br)cc2)ccn1. The maximum atomic E-state index is 12.2. The van der Waals surface area contributed by atoms with Gasteiger partial charge in [-0.2, -0.15) is 0 Å². The second kappa shape index (κ2) is 6.91. The molecular weight excluding hydrogens is 358 g/mol. The van der Waals surface area contributed by atoms with Crippen LogP contribution in [0.2, 0.25) is 0 Å². The van der Waals surface area contributed by atoms with Crippen LogP contribution in [-0.4, -0.2) is 16.8 Å². The van der Waals surface area contributed by atoms with Crippen LogP contribution in [0.15, 0.2) is 47.1 Å². The van der Waals surface area contributed by atoms with Gasteiger partial charge in [-0.15, -0.1) is 0 Å². The van der Waals surface area contributed by atoms with Crippen molar-refractivity contribution in [2.45, 2.75) is 26.2 Å². The van der Waals surface area contributed by atoms with E-state index in [0.29, 0.717) is 11.1 Å². The standard InChI is InChI=1S/C17H18BrN3O2/c1-17(2,3)14-10-12(8-9-19-14)16(23)21-20-15(22)11-4-6-13(18)7-5-11/h4-10H,1-3H3,(H,20,22)(H,21,23). The zero-order chi connectivity index (χ0) is 17.0. The highest BCUT2D eigenvalue weighted by atomic mass is 79.9. The van der Waals surface area contributed by atoms with Crippen molar-refractivity contribution in [2.75, 3.05) is 0 Å². The van der Waals surface area contributed by atoms with Crippen LogP contribution >= 0.6 is 15.9 Å². The molecule has 23 heavy (non-hydrogen) atoms. The number of carbonyl (C=O) groups is 2. The lowest BCUT2D eigenvalue weighted by atomic mass is 9.91. The Hall–Kier alpha value is -2.21. The van der Waals surface area contributed by atoms with Crippen molar-refractivity contribution in [3.8, 4) is 0 Å². The van der Waals surface area contributed by atoms with E-state index < -0.39 is 0 Å². The highest BCUT2D eigenvalue weighted by Gasteiger charge is 2.17. The summed E-state index contributed by atoms with van der Waals surface area (Å²) in [6.45, 7) is 6.06. The fourth-order valence-electron chi connectivity index (χ4n) is 1.84. The average molecular weight is 376 g/mol. The Morgan fingerprint density at radius 1 is 0.957 bits per heavy atom. The van der Waals surface area contributed by atoms with Crippen LogP contribution in [0.1, 0.15) is 47.2 Å². The van der Waals surface area contributed by atoms with Crippen molar-refractivity contribution in [3.05, 3.63) is 63.9 Å². The third-order valence-electron chi connectivity index (χ3n) is 3.19. The van der Waals surface area contributed by atoms with E-state index in [-0.39, 0.29) is 17.2 Å². The molecule has 1 aromatic carbocycles. The lowest BCUT2D eigenvalue weighted by Crippen LogP contribution is -2.41. The minimum Gasteiger partial charge on any atom is -0.267 e. The minimum atomic E-state index is -0.386. The van der Waals surface area contributed by atoms with E-state index in [4.69, 9.17) is 0 Å². The number of hydrogen-bond donors (Lipinski definition) is 2. The largest absolute Gasteiger partial charge is 0.269 e. The topological polar surface area (TPSA) is 71.1 Å². The van der Waals surface area contributed by atoms with Gasteiger partial charge in [0.25, 0.3) is 11.8 Å². The van der Waals surface area contributed by atoms with Gasteiger partial charge in [0.05, 0.1) is 0 Å². The van der Waals surface area contributed by atoms with Crippen LogP contribution in [0.3, 0.4) is 0 Å². The molecule has 0 radical (unpaired) electrons. The Bertz CT molecular complexity index is 721. The molecule has 120 valence electrons. The Kier molecular flexibility index (Phi) is 5.15. The molecule has 0 aliphatic heterocycles. The molecule has 0 bridgehead atoms. The van der Waals surface area contributed by atoms with Crippen molar-refractivity contribution < 1.29 is 9.59 Å². The van der Waals surface area contributed by atoms with Gasteiger partial charge in [-0.1, -0.05) is 36.7 Å². The van der Waals surface area contributed by atoms with Gasteiger partial charge < -0.3 is 0 Å². The zero-order valence-electron chi connectivity index (χ0n) is 13.2. The molecule has 0 spiro atoms. The summed E-state index contributed by atoms with van der Waals surface area (Å²) in [5.74, 6) is -0.765. The van der Waals surface area contributed by atoms with E-state index >= 15 is 0 Å². The van der Waals surface area contributed by atoms with Crippen molar-refractivity contribution in [1.82, 2.24) is 15.8 Å². The van der Waals surface area contributed by atoms with Crippen LogP contribution in [0.25, 0.3) is 0 Å². The van der Waals surface area contributed by atoms with Crippen molar-refractivity contribution >= 4 is 27.7 Å². The summed E-state index contributed by atoms with van der Waals surface area (Å²) in [6.07, 6.45) is 1.59. The normalized spacial score (nSPS) is 11.0. The first-order valence-electron chi connectivity index (χ1n) is 7.10. The Morgan fingerprint density at radius 3 is 2.09 bits per heavy atom. The van der Waals surface area contributed by atoms with E-state index in [0.717, 1.165) is 10.2 Å². The van der Waals surface area contributed by atoms with Gasteiger partial charge in [0.15, 0.2) is 0 Å². The lowest BCUT2D eigenvalue weighted by molar-refractivity contribution is 0.0846. The molecule has 0 unspecified atom stereocenters. The van der Waals surface area contributed by atoms with E-state index in [9.17, 15) is 9.59 Å². The van der Waals surface area contributed by atoms with E-state index in [2.05, 4.69) is 31.8 Å². The molecule has 0 aliphatic carbocycles. The van der Waals surface area contributed by atoms with Crippen LogP contribution in [0.5, 0.6) is 0 Å². The third kappa shape index (κ3) is 4.63. The maximum absolute atomic E-state index is 12.2. The highest BCUT2D eigenvalue weighted by Crippen LogP contribution is 2.20. The molecule has 2 N–H and O–H groups in total. The van der Waals surface area contributed by atoms with Gasteiger partial charge >= 0.3 is 0 Å². The number of aromatic nitrogens is 1. The van der Waals surface area contributed by atoms with Gasteiger partial charge in [-0.3, -0.25) is 25.4 Å². The summed E-state index contributed by atoms with van der Waals surface area (Å²) < 4.78 is 0.879. The fraction of sp³-hybridized carbons (Fsp3) is 0.235. The molecule has 2 rings (SSSR count). The quantitative estimate of drug-likeness (QED) is 0.791. The van der Waals surface area contributed by atoms with Gasteiger partial charge in [0.2, 0.25) is 0 Å². The van der Waals surface area contributed by atoms with Crippen molar-refractivity contribution in [2.24, 2.45) is 0 Å². The van der Waals surface area contributed by atoms with E-state index in [1.54, 1.807) is 42.6 Å². The Balaban J connectivity index is 2.02. The predicted octanol–water partition coefficient (Wildman–Crippen LogP) is 3.22. The van der Waals surface area contributed by atoms with Crippen LogP contribution in [0, 0.1) is 0 Å². The van der Waals surface area contributed by atoms with Gasteiger partial charge in [0, 0.05) is 32.9 Å². The number of nitrogens with zero attached hydrogens (tertiary/aromatic N) is 1. The summed E-state index contributed by atoms with van der Waals surface area (Å²) >= 11 is 3.30. The molecule has 0 aliphatic rings. The van der Waals surface area contributed by atoms with Crippen LogP contribution < -0.4 is 10.9 Å². The number of carbonyl (C=O) groups excluding carboxylic acids is 2. The third-order valence-corrected chi connectivity index (χ3v) is 3.72. The molecule has 1 aromatic heterocycles. The molecule has 5 nitrogen and oxygen atoms in total. The number of benzene rings is 1. The zero-order valence-corrected chi connectivity index (χ0v) is 14.8. The molecule has 0 atom stereocenters. The predicted molar refractivity (Wildman–Crippen MR) is 92.0 cm³/mol. The first-order chi connectivity index (χ1) is 10.8. The number of halogens is 1. The minimum absolute atomic E-state index is 0.156. The average Bonchev–Trinajstić information content (AvgIpc) is 2.52. The number of amides is 2. The van der Waals surface area contributed by atoms with Crippen molar-refractivity contribution in [1.29, 1.82) is 0 Å². The van der Waals surface area contributed by atoms with Gasteiger partial charge in [-0.05, 0) is 36.4 Å². The summed E-state index contributed by atoms with van der Waals surface area (Å²) in [4.78, 5) is 28.4. The molecule has 0 fully saturated rings. The number of rotatable bonds is 2. The summed E-state index contributed by atoms with van der Waals surface area (Å²) in [5.41, 5.74) is 6.37. The second-order valence-electron chi connectivity index (χ2n) is 6.09. The summed E-state index contributed by atoms with van der Waals surface area (Å²) in [6, 6.07) is 10.2. The molecule has 0 saturated heterocycles. The van der Waals surface area contributed by atoms with Gasteiger partial charge in [-0.25, -0.2) is 0 Å². The molecule has 0 saturated carbocycles. The van der Waals surface area contributed by atoms with Crippen LogP contribution in [0.4, 0.5) is 0 Å². The second-order valence-corrected chi connectivity index (χ2v) is 7.01. The summed E-state index contributed by atoms with van der Waals surface area (Å²) in [7, 11) is 0. The number of pyridine rings is 1. The van der Waals surface area contributed by atoms with E-state index in [1.807, 2.05) is 20.8 Å². The molecule has 2 amide bonds. The number of hydrazine groups is 1. The smallest absolute Gasteiger partial charge is 0.267 e.